The van der Waals surface area contributed by atoms with Crippen LogP contribution in [0.15, 0.2) is 47.1 Å². The number of amides is 1. The van der Waals surface area contributed by atoms with E-state index in [0.717, 1.165) is 5.75 Å². The Hall–Kier alpha value is -2.61. The quantitative estimate of drug-likeness (QED) is 0.530. The van der Waals surface area contributed by atoms with Crippen LogP contribution < -0.4 is 9.47 Å². The number of carbonyl (C=O) groups is 2. The average Bonchev–Trinajstić information content (AvgIpc) is 3.34. The molecule has 0 unspecified atom stereocenters. The van der Waals surface area contributed by atoms with E-state index in [1.165, 1.54) is 23.6 Å². The molecule has 1 aromatic heterocycles. The summed E-state index contributed by atoms with van der Waals surface area (Å²) in [6.07, 6.45) is 1.55. The monoisotopic (exact) mass is 391 g/mol. The Morgan fingerprint density at radius 3 is 2.56 bits per heavy atom. The molecule has 0 aliphatic carbocycles. The molecule has 2 aromatic rings. The lowest BCUT2D eigenvalue weighted by Gasteiger charge is -2.25. The number of thioether (sulfide) groups is 1. The third kappa shape index (κ3) is 4.57. The van der Waals surface area contributed by atoms with Crippen LogP contribution in [0.5, 0.6) is 11.5 Å². The Morgan fingerprint density at radius 2 is 1.93 bits per heavy atom. The number of nitrogens with zero attached hydrogens (tertiary/aromatic N) is 1. The second-order valence-electron chi connectivity index (χ2n) is 5.83. The molecule has 0 radical (unpaired) electrons. The van der Waals surface area contributed by atoms with Crippen LogP contribution in [0, 0.1) is 0 Å². The SMILES string of the molecule is COc1ccc(OCCOC(=O)[C@@H]2CS[C@H](c3ccco3)N2C(C)=O)cc1. The lowest BCUT2D eigenvalue weighted by Crippen LogP contribution is -2.43. The zero-order chi connectivity index (χ0) is 19.2. The highest BCUT2D eigenvalue weighted by Gasteiger charge is 2.43. The summed E-state index contributed by atoms with van der Waals surface area (Å²) in [7, 11) is 1.59. The molecule has 1 saturated heterocycles. The van der Waals surface area contributed by atoms with Gasteiger partial charge in [0.05, 0.1) is 13.4 Å². The molecule has 1 aliphatic heterocycles. The van der Waals surface area contributed by atoms with E-state index in [0.29, 0.717) is 17.3 Å². The van der Waals surface area contributed by atoms with Crippen LogP contribution >= 0.6 is 11.8 Å². The van der Waals surface area contributed by atoms with Gasteiger partial charge < -0.3 is 23.5 Å². The minimum Gasteiger partial charge on any atom is -0.497 e. The zero-order valence-electron chi connectivity index (χ0n) is 15.1. The number of furan rings is 1. The van der Waals surface area contributed by atoms with Crippen LogP contribution in [0.1, 0.15) is 18.1 Å². The van der Waals surface area contributed by atoms with Crippen molar-refractivity contribution in [3.8, 4) is 11.5 Å². The highest BCUT2D eigenvalue weighted by atomic mass is 32.2. The summed E-state index contributed by atoms with van der Waals surface area (Å²) in [5, 5.41) is -0.314. The van der Waals surface area contributed by atoms with Gasteiger partial charge in [-0.3, -0.25) is 4.79 Å². The van der Waals surface area contributed by atoms with Crippen LogP contribution in [0.4, 0.5) is 0 Å². The Kier molecular flexibility index (Phi) is 6.28. The number of hydrogen-bond donors (Lipinski definition) is 0. The lowest BCUT2D eigenvalue weighted by atomic mass is 10.2. The molecule has 144 valence electrons. The molecule has 0 N–H and O–H groups in total. The van der Waals surface area contributed by atoms with E-state index in [4.69, 9.17) is 18.6 Å². The van der Waals surface area contributed by atoms with Gasteiger partial charge in [-0.25, -0.2) is 4.79 Å². The predicted octanol–water partition coefficient (Wildman–Crippen LogP) is 2.87. The summed E-state index contributed by atoms with van der Waals surface area (Å²) < 4.78 is 21.3. The predicted molar refractivity (Wildman–Crippen MR) is 99.7 cm³/mol. The van der Waals surface area contributed by atoms with Crippen LogP contribution in [-0.2, 0) is 14.3 Å². The summed E-state index contributed by atoms with van der Waals surface area (Å²) in [5.74, 6) is 1.87. The van der Waals surface area contributed by atoms with E-state index in [1.54, 1.807) is 49.8 Å². The zero-order valence-corrected chi connectivity index (χ0v) is 15.9. The van der Waals surface area contributed by atoms with Crippen LogP contribution in [0.3, 0.4) is 0 Å². The molecule has 27 heavy (non-hydrogen) atoms. The van der Waals surface area contributed by atoms with E-state index in [-0.39, 0.29) is 24.5 Å². The van der Waals surface area contributed by atoms with Gasteiger partial charge in [0.15, 0.2) is 0 Å². The standard InChI is InChI=1S/C19H21NO6S/c1-13(21)20-16(12-27-18(20)17-4-3-9-25-17)19(22)26-11-10-24-15-7-5-14(23-2)6-8-15/h3-9,16,18H,10-12H2,1-2H3/t16-,18+/m0/s1. The van der Waals surface area contributed by atoms with Gasteiger partial charge in [0.1, 0.15) is 41.9 Å². The number of ether oxygens (including phenoxy) is 3. The molecule has 0 spiro atoms. The van der Waals surface area contributed by atoms with Gasteiger partial charge in [-0.15, -0.1) is 11.8 Å². The van der Waals surface area contributed by atoms with E-state index in [9.17, 15) is 9.59 Å². The molecule has 1 aliphatic rings. The molecule has 0 bridgehead atoms. The van der Waals surface area contributed by atoms with Crippen LogP contribution in [0.2, 0.25) is 0 Å². The second kappa shape index (κ2) is 8.85. The summed E-state index contributed by atoms with van der Waals surface area (Å²) in [6.45, 7) is 1.76. The Bertz CT molecular complexity index is 761. The van der Waals surface area contributed by atoms with Gasteiger partial charge in [-0.05, 0) is 36.4 Å². The van der Waals surface area contributed by atoms with E-state index in [1.807, 2.05) is 0 Å². The maximum atomic E-state index is 12.4. The molecule has 1 aromatic carbocycles. The molecule has 2 atom stereocenters. The largest absolute Gasteiger partial charge is 0.497 e. The van der Waals surface area contributed by atoms with Crippen molar-refractivity contribution in [2.75, 3.05) is 26.1 Å². The first kappa shape index (κ1) is 19.2. The molecule has 7 nitrogen and oxygen atoms in total. The van der Waals surface area contributed by atoms with Gasteiger partial charge in [-0.2, -0.15) is 0 Å². The molecule has 3 rings (SSSR count). The van der Waals surface area contributed by atoms with Gasteiger partial charge in [-0.1, -0.05) is 0 Å². The summed E-state index contributed by atoms with van der Waals surface area (Å²) in [6, 6.07) is 10.1. The molecular formula is C19H21NO6S. The lowest BCUT2D eigenvalue weighted by molar-refractivity contribution is -0.154. The second-order valence-corrected chi connectivity index (χ2v) is 6.95. The van der Waals surface area contributed by atoms with Gasteiger partial charge >= 0.3 is 5.97 Å². The van der Waals surface area contributed by atoms with Crippen molar-refractivity contribution in [1.29, 1.82) is 0 Å². The average molecular weight is 391 g/mol. The maximum absolute atomic E-state index is 12.4. The van der Waals surface area contributed by atoms with E-state index >= 15 is 0 Å². The fourth-order valence-electron chi connectivity index (χ4n) is 2.79. The Labute approximate surface area is 161 Å². The highest BCUT2D eigenvalue weighted by Crippen LogP contribution is 2.41. The third-order valence-electron chi connectivity index (χ3n) is 4.08. The number of benzene rings is 1. The summed E-state index contributed by atoms with van der Waals surface area (Å²) in [4.78, 5) is 26.0. The number of hydrogen-bond acceptors (Lipinski definition) is 7. The van der Waals surface area contributed by atoms with Crippen molar-refractivity contribution >= 4 is 23.6 Å². The minimum atomic E-state index is -0.636. The molecular weight excluding hydrogens is 370 g/mol. The number of esters is 1. The summed E-state index contributed by atoms with van der Waals surface area (Å²) in [5.41, 5.74) is 0. The topological polar surface area (TPSA) is 78.2 Å². The van der Waals surface area contributed by atoms with Gasteiger partial charge in [0.2, 0.25) is 5.91 Å². The third-order valence-corrected chi connectivity index (χ3v) is 5.36. The van der Waals surface area contributed by atoms with Crippen molar-refractivity contribution < 1.29 is 28.2 Å². The minimum absolute atomic E-state index is 0.100. The van der Waals surface area contributed by atoms with Crippen molar-refractivity contribution in [3.63, 3.8) is 0 Å². The van der Waals surface area contributed by atoms with Crippen molar-refractivity contribution in [1.82, 2.24) is 4.90 Å². The maximum Gasteiger partial charge on any atom is 0.329 e. The fraction of sp³-hybridized carbons (Fsp3) is 0.368. The number of rotatable bonds is 7. The molecule has 1 fully saturated rings. The highest BCUT2D eigenvalue weighted by molar-refractivity contribution is 7.99. The van der Waals surface area contributed by atoms with Crippen LogP contribution in [-0.4, -0.2) is 48.9 Å². The van der Waals surface area contributed by atoms with E-state index in [2.05, 4.69) is 0 Å². The summed E-state index contributed by atoms with van der Waals surface area (Å²) >= 11 is 1.48. The Morgan fingerprint density at radius 1 is 1.19 bits per heavy atom. The fourth-order valence-corrected chi connectivity index (χ4v) is 4.21. The molecule has 0 saturated carbocycles. The van der Waals surface area contributed by atoms with E-state index < -0.39 is 12.0 Å². The van der Waals surface area contributed by atoms with Gasteiger partial charge in [0, 0.05) is 12.7 Å². The van der Waals surface area contributed by atoms with Crippen LogP contribution in [0.25, 0.3) is 0 Å². The first-order valence-electron chi connectivity index (χ1n) is 8.47. The number of methoxy groups -OCH3 is 1. The first-order chi connectivity index (χ1) is 13.1. The van der Waals surface area contributed by atoms with Crippen molar-refractivity contribution in [2.24, 2.45) is 0 Å². The van der Waals surface area contributed by atoms with Crippen molar-refractivity contribution in [2.45, 2.75) is 18.3 Å². The molecule has 2 heterocycles. The normalized spacial score (nSPS) is 19.0. The van der Waals surface area contributed by atoms with Crippen molar-refractivity contribution in [3.05, 3.63) is 48.4 Å². The number of carbonyl (C=O) groups excluding carboxylic acids is 2. The molecule has 8 heteroatoms. The van der Waals surface area contributed by atoms with Gasteiger partial charge in [0.25, 0.3) is 0 Å². The smallest absolute Gasteiger partial charge is 0.329 e. The molecule has 1 amide bonds. The first-order valence-corrected chi connectivity index (χ1v) is 9.52. The Balaban J connectivity index is 1.50.